The van der Waals surface area contributed by atoms with E-state index in [-0.39, 0.29) is 18.1 Å². The van der Waals surface area contributed by atoms with Crippen LogP contribution in [-0.4, -0.2) is 34.5 Å². The van der Waals surface area contributed by atoms with Crippen molar-refractivity contribution >= 4 is 43.6 Å². The van der Waals surface area contributed by atoms with Crippen LogP contribution in [0, 0.1) is 0 Å². The number of Topliss-reactive ketones (excluding diaryl/α,β-unsaturated/α-hetero) is 1. The van der Waals surface area contributed by atoms with E-state index in [1.54, 1.807) is 17.0 Å². The Hall–Kier alpha value is -0.680. The molecule has 0 fully saturated rings. The fourth-order valence-corrected chi connectivity index (χ4v) is 2.55. The summed E-state index contributed by atoms with van der Waals surface area (Å²) in [7, 11) is 0. The number of carbonyl (C=O) groups is 2. The zero-order valence-corrected chi connectivity index (χ0v) is 14.2. The van der Waals surface area contributed by atoms with Crippen molar-refractivity contribution in [3.05, 3.63) is 34.3 Å². The monoisotopic (exact) mass is 389 g/mol. The van der Waals surface area contributed by atoms with Gasteiger partial charge in [-0.25, -0.2) is 0 Å². The SMILES string of the molecule is CCN(CC)C(=O)CC(Br)C(=O)c1ccc(Br)cc1. The molecule has 0 N–H and O–H groups in total. The van der Waals surface area contributed by atoms with Gasteiger partial charge in [0.1, 0.15) is 0 Å². The number of carbonyl (C=O) groups excluding carboxylic acids is 2. The zero-order chi connectivity index (χ0) is 14.4. The maximum absolute atomic E-state index is 12.2. The van der Waals surface area contributed by atoms with Gasteiger partial charge in [-0.05, 0) is 26.0 Å². The van der Waals surface area contributed by atoms with Crippen LogP contribution < -0.4 is 0 Å². The van der Waals surface area contributed by atoms with Crippen molar-refractivity contribution in [2.75, 3.05) is 13.1 Å². The van der Waals surface area contributed by atoms with Crippen molar-refractivity contribution in [3.63, 3.8) is 0 Å². The van der Waals surface area contributed by atoms with Gasteiger partial charge in [-0.3, -0.25) is 9.59 Å². The molecule has 3 nitrogen and oxygen atoms in total. The van der Waals surface area contributed by atoms with Gasteiger partial charge in [0.25, 0.3) is 0 Å². The van der Waals surface area contributed by atoms with E-state index in [4.69, 9.17) is 0 Å². The lowest BCUT2D eigenvalue weighted by molar-refractivity contribution is -0.130. The summed E-state index contributed by atoms with van der Waals surface area (Å²) < 4.78 is 0.925. The van der Waals surface area contributed by atoms with Crippen LogP contribution >= 0.6 is 31.9 Å². The highest BCUT2D eigenvalue weighted by Gasteiger charge is 2.22. The van der Waals surface area contributed by atoms with E-state index in [0.29, 0.717) is 18.7 Å². The number of benzene rings is 1. The van der Waals surface area contributed by atoms with E-state index in [9.17, 15) is 9.59 Å². The van der Waals surface area contributed by atoms with E-state index in [1.807, 2.05) is 26.0 Å². The Morgan fingerprint density at radius 1 is 1.16 bits per heavy atom. The van der Waals surface area contributed by atoms with Gasteiger partial charge in [0.15, 0.2) is 5.78 Å². The first-order valence-electron chi connectivity index (χ1n) is 6.21. The molecule has 1 unspecified atom stereocenters. The molecule has 1 aromatic rings. The molecule has 1 atom stereocenters. The van der Waals surface area contributed by atoms with Gasteiger partial charge in [0, 0.05) is 29.5 Å². The minimum Gasteiger partial charge on any atom is -0.343 e. The topological polar surface area (TPSA) is 37.4 Å². The largest absolute Gasteiger partial charge is 0.343 e. The summed E-state index contributed by atoms with van der Waals surface area (Å²) in [6.45, 7) is 5.20. The van der Waals surface area contributed by atoms with Gasteiger partial charge < -0.3 is 4.90 Å². The predicted molar refractivity (Wildman–Crippen MR) is 83.7 cm³/mol. The van der Waals surface area contributed by atoms with Crippen molar-refractivity contribution < 1.29 is 9.59 Å². The third-order valence-electron chi connectivity index (χ3n) is 2.88. The minimum absolute atomic E-state index is 0.00247. The lowest BCUT2D eigenvalue weighted by Crippen LogP contribution is -2.33. The third kappa shape index (κ3) is 4.73. The van der Waals surface area contributed by atoms with Gasteiger partial charge in [-0.2, -0.15) is 0 Å². The highest BCUT2D eigenvalue weighted by Crippen LogP contribution is 2.17. The lowest BCUT2D eigenvalue weighted by atomic mass is 10.1. The van der Waals surface area contributed by atoms with Gasteiger partial charge in [-0.15, -0.1) is 0 Å². The van der Waals surface area contributed by atoms with Crippen molar-refractivity contribution in [3.8, 4) is 0 Å². The van der Waals surface area contributed by atoms with Gasteiger partial charge in [0.05, 0.1) is 4.83 Å². The van der Waals surface area contributed by atoms with Crippen LogP contribution in [0.25, 0.3) is 0 Å². The van der Waals surface area contributed by atoms with Gasteiger partial charge in [0.2, 0.25) is 5.91 Å². The van der Waals surface area contributed by atoms with Gasteiger partial charge >= 0.3 is 0 Å². The zero-order valence-electron chi connectivity index (χ0n) is 11.0. The molecule has 19 heavy (non-hydrogen) atoms. The summed E-state index contributed by atoms with van der Waals surface area (Å²) >= 11 is 6.64. The van der Waals surface area contributed by atoms with Crippen molar-refractivity contribution in [2.24, 2.45) is 0 Å². The molecule has 0 saturated heterocycles. The maximum atomic E-state index is 12.2. The standard InChI is InChI=1S/C14H17Br2NO2/c1-3-17(4-2)13(18)9-12(16)14(19)10-5-7-11(15)8-6-10/h5-8,12H,3-4,9H2,1-2H3. The molecule has 0 radical (unpaired) electrons. The summed E-state index contributed by atoms with van der Waals surface area (Å²) in [5, 5.41) is 0. The molecule has 5 heteroatoms. The predicted octanol–water partition coefficient (Wildman–Crippen LogP) is 3.65. The van der Waals surface area contributed by atoms with Crippen molar-refractivity contribution in [1.29, 1.82) is 0 Å². The first-order valence-corrected chi connectivity index (χ1v) is 7.92. The van der Waals surface area contributed by atoms with Crippen LogP contribution in [0.1, 0.15) is 30.6 Å². The molecule has 0 heterocycles. The van der Waals surface area contributed by atoms with Crippen LogP contribution in [-0.2, 0) is 4.79 Å². The number of rotatable bonds is 6. The van der Waals surface area contributed by atoms with Crippen LogP contribution in [0.5, 0.6) is 0 Å². The van der Waals surface area contributed by atoms with Crippen LogP contribution in [0.4, 0.5) is 0 Å². The molecule has 0 aromatic heterocycles. The highest BCUT2D eigenvalue weighted by molar-refractivity contribution is 9.10. The maximum Gasteiger partial charge on any atom is 0.224 e. The second-order valence-electron chi connectivity index (χ2n) is 4.11. The molecular weight excluding hydrogens is 374 g/mol. The first-order chi connectivity index (χ1) is 8.99. The molecule has 0 aliphatic carbocycles. The number of nitrogens with zero attached hydrogens (tertiary/aromatic N) is 1. The number of hydrogen-bond acceptors (Lipinski definition) is 2. The Bertz CT molecular complexity index is 441. The Balaban J connectivity index is 2.67. The minimum atomic E-state index is -0.471. The second kappa shape index (κ2) is 7.80. The number of amides is 1. The summed E-state index contributed by atoms with van der Waals surface area (Å²) in [6.07, 6.45) is 0.191. The van der Waals surface area contributed by atoms with E-state index in [2.05, 4.69) is 31.9 Å². The van der Waals surface area contributed by atoms with E-state index in [1.165, 1.54) is 0 Å². The molecule has 104 valence electrons. The van der Waals surface area contributed by atoms with E-state index < -0.39 is 4.83 Å². The third-order valence-corrected chi connectivity index (χ3v) is 4.15. The van der Waals surface area contributed by atoms with Crippen molar-refractivity contribution in [2.45, 2.75) is 25.1 Å². The average molecular weight is 391 g/mol. The molecule has 0 aliphatic rings. The lowest BCUT2D eigenvalue weighted by Gasteiger charge is -2.20. The van der Waals surface area contributed by atoms with Crippen molar-refractivity contribution in [1.82, 2.24) is 4.90 Å². The molecular formula is C14H17Br2NO2. The van der Waals surface area contributed by atoms with Crippen LogP contribution in [0.15, 0.2) is 28.7 Å². The summed E-state index contributed by atoms with van der Waals surface area (Å²) in [5.74, 6) is -0.0645. The fourth-order valence-electron chi connectivity index (χ4n) is 1.75. The smallest absolute Gasteiger partial charge is 0.224 e. The molecule has 0 spiro atoms. The normalized spacial score (nSPS) is 12.0. The molecule has 0 aliphatic heterocycles. The highest BCUT2D eigenvalue weighted by atomic mass is 79.9. The van der Waals surface area contributed by atoms with Crippen LogP contribution in [0.2, 0.25) is 0 Å². The molecule has 0 saturated carbocycles. The Labute approximate surface area is 130 Å². The number of alkyl halides is 1. The first kappa shape index (κ1) is 16.4. The molecule has 1 rings (SSSR count). The quantitative estimate of drug-likeness (QED) is 0.549. The Morgan fingerprint density at radius 3 is 2.16 bits per heavy atom. The molecule has 1 amide bonds. The van der Waals surface area contributed by atoms with E-state index >= 15 is 0 Å². The number of halogens is 2. The summed E-state index contributed by atoms with van der Waals surface area (Å²) in [6, 6.07) is 7.14. The Morgan fingerprint density at radius 2 is 1.68 bits per heavy atom. The second-order valence-corrected chi connectivity index (χ2v) is 6.13. The number of hydrogen-bond donors (Lipinski definition) is 0. The van der Waals surface area contributed by atoms with Gasteiger partial charge in [-0.1, -0.05) is 44.0 Å². The summed E-state index contributed by atoms with van der Waals surface area (Å²) in [5.41, 5.74) is 0.609. The fraction of sp³-hybridized carbons (Fsp3) is 0.429. The Kier molecular flexibility index (Phi) is 6.72. The summed E-state index contributed by atoms with van der Waals surface area (Å²) in [4.78, 5) is 25.4. The molecule has 1 aromatic carbocycles. The molecule has 0 bridgehead atoms. The van der Waals surface area contributed by atoms with E-state index in [0.717, 1.165) is 4.47 Å². The average Bonchev–Trinajstić information content (AvgIpc) is 2.40. The number of ketones is 1. The van der Waals surface area contributed by atoms with Crippen LogP contribution in [0.3, 0.4) is 0 Å².